The Hall–Kier alpha value is -8.92. The van der Waals surface area contributed by atoms with Gasteiger partial charge in [-0.15, -0.1) is 0 Å². The molecular weight excluding hydrogens is 909 g/mol. The van der Waals surface area contributed by atoms with Crippen LogP contribution in [0.15, 0.2) is 247 Å². The Labute approximate surface area is 439 Å². The lowest BCUT2D eigenvalue weighted by Gasteiger charge is -2.32. The van der Waals surface area contributed by atoms with Crippen LogP contribution in [0.1, 0.15) is 52.7 Å². The highest BCUT2D eigenvalue weighted by Gasteiger charge is 2.27. The molecule has 75 heavy (non-hydrogen) atoms. The topological polar surface area (TPSA) is 21.3 Å². The van der Waals surface area contributed by atoms with Crippen LogP contribution in [-0.4, -0.2) is 4.57 Å². The lowest BCUT2D eigenvalue weighted by atomic mass is 9.78. The van der Waals surface area contributed by atoms with Crippen molar-refractivity contribution in [2.24, 2.45) is 0 Å². The second-order valence-electron chi connectivity index (χ2n) is 22.1. The van der Waals surface area contributed by atoms with E-state index in [9.17, 15) is 0 Å². The van der Waals surface area contributed by atoms with E-state index in [1.165, 1.54) is 60.4 Å². The zero-order chi connectivity index (χ0) is 51.0. The normalized spacial score (nSPS) is 12.1. The minimum atomic E-state index is -0.0320. The Morgan fingerprint density at radius 2 is 0.840 bits per heavy atom. The molecule has 362 valence electrons. The second kappa shape index (κ2) is 17.9. The second-order valence-corrected chi connectivity index (χ2v) is 22.1. The first-order valence-electron chi connectivity index (χ1n) is 26.2. The van der Waals surface area contributed by atoms with Gasteiger partial charge in [-0.25, -0.2) is 0 Å². The fraction of sp³-hybridized carbons (Fsp3) is 0.111. The lowest BCUT2D eigenvalue weighted by Crippen LogP contribution is -2.16. The van der Waals surface area contributed by atoms with Crippen molar-refractivity contribution in [1.82, 2.24) is 4.57 Å². The van der Waals surface area contributed by atoms with Crippen LogP contribution in [0.4, 0.5) is 17.1 Å². The smallest absolute Gasteiger partial charge is 0.136 e. The first-order valence-corrected chi connectivity index (χ1v) is 26.2. The Bertz CT molecular complexity index is 4290. The number of hydrogen-bond donors (Lipinski definition) is 0. The molecule has 0 fully saturated rings. The molecule has 0 N–H and O–H groups in total. The van der Waals surface area contributed by atoms with Crippen LogP contribution in [0.2, 0.25) is 0 Å². The summed E-state index contributed by atoms with van der Waals surface area (Å²) in [5.74, 6) is 0. The number of para-hydroxylation sites is 6. The largest absolute Gasteiger partial charge is 0.456 e. The number of fused-ring (bicyclic) bond motifs is 7. The summed E-state index contributed by atoms with van der Waals surface area (Å²) in [4.78, 5) is 2.51. The summed E-state index contributed by atoms with van der Waals surface area (Å²) in [6.07, 6.45) is 0. The summed E-state index contributed by atoms with van der Waals surface area (Å²) in [7, 11) is 0. The molecule has 2 aromatic heterocycles. The van der Waals surface area contributed by atoms with Crippen LogP contribution in [0.5, 0.6) is 0 Å². The molecule has 0 saturated heterocycles. The predicted octanol–water partition coefficient (Wildman–Crippen LogP) is 20.6. The molecule has 0 aliphatic heterocycles. The Morgan fingerprint density at radius 3 is 1.52 bits per heavy atom. The number of rotatable bonds is 8. The molecule has 13 aromatic rings. The summed E-state index contributed by atoms with van der Waals surface area (Å²) < 4.78 is 8.95. The maximum atomic E-state index is 6.56. The third-order valence-corrected chi connectivity index (χ3v) is 15.3. The van der Waals surface area contributed by atoms with Crippen molar-refractivity contribution in [3.8, 4) is 50.2 Å². The van der Waals surface area contributed by atoms with Crippen molar-refractivity contribution in [2.45, 2.75) is 52.4 Å². The van der Waals surface area contributed by atoms with E-state index < -0.39 is 0 Å². The first-order chi connectivity index (χ1) is 36.5. The average Bonchev–Trinajstić information content (AvgIpc) is 3.98. The number of anilines is 3. The number of furan rings is 1. The van der Waals surface area contributed by atoms with Gasteiger partial charge in [0.2, 0.25) is 0 Å². The quantitative estimate of drug-likeness (QED) is 0.151. The van der Waals surface area contributed by atoms with Gasteiger partial charge in [0, 0.05) is 43.9 Å². The molecule has 2 heterocycles. The van der Waals surface area contributed by atoms with Crippen molar-refractivity contribution in [3.63, 3.8) is 0 Å². The van der Waals surface area contributed by atoms with Crippen LogP contribution in [0.3, 0.4) is 0 Å². The SMILES string of the molecule is CC(C)(C)c1cc(-c2cccc3cccc(-c4ccccc4N(c4ccccc4-c4ccc5c(c4)oc4ccccc45)c4ccccc4-c4ccc5c(c4)c4ccccc4n5-c4ccccc4)c23)cc(C(C)(C)C)c1. The molecule has 11 aromatic carbocycles. The predicted molar refractivity (Wildman–Crippen MR) is 319 cm³/mol. The number of aromatic nitrogens is 1. The molecule has 0 spiro atoms. The van der Waals surface area contributed by atoms with E-state index >= 15 is 0 Å². The molecule has 3 heteroatoms. The summed E-state index contributed by atoms with van der Waals surface area (Å²) in [6.45, 7) is 13.9. The van der Waals surface area contributed by atoms with E-state index in [1.54, 1.807) is 0 Å². The van der Waals surface area contributed by atoms with Crippen molar-refractivity contribution < 1.29 is 4.42 Å². The summed E-state index contributed by atoms with van der Waals surface area (Å²) in [5.41, 5.74) is 20.3. The molecular formula is C72H58N2O. The van der Waals surface area contributed by atoms with Gasteiger partial charge in [-0.1, -0.05) is 217 Å². The average molecular weight is 967 g/mol. The standard InChI is InChI=1S/C72H58N2O/c1-71(2,3)51-42-50(43-52(46-51)72(4,5)6)56-31-20-22-47-23-21-32-61(70(47)56)57-28-12-18-36-66(57)74(64-34-16-11-27-55(64)49-38-40-60-59-30-14-19-37-68(59)75-69(60)45-49)63-33-15-10-26-54(63)48-39-41-67-62(44-48)58-29-13-17-35-65(58)73(67)53-24-8-7-9-25-53/h7-46H,1-6H3. The molecule has 0 bridgehead atoms. The maximum absolute atomic E-state index is 6.56. The summed E-state index contributed by atoms with van der Waals surface area (Å²) in [6, 6.07) is 89.2. The van der Waals surface area contributed by atoms with Crippen LogP contribution >= 0.6 is 0 Å². The number of nitrogens with zero attached hydrogens (tertiary/aromatic N) is 2. The fourth-order valence-corrected chi connectivity index (χ4v) is 11.5. The monoisotopic (exact) mass is 966 g/mol. The minimum Gasteiger partial charge on any atom is -0.456 e. The van der Waals surface area contributed by atoms with Gasteiger partial charge in [0.05, 0.1) is 28.1 Å². The molecule has 0 aliphatic rings. The zero-order valence-electron chi connectivity index (χ0n) is 43.4. The van der Waals surface area contributed by atoms with E-state index in [1.807, 2.05) is 6.07 Å². The van der Waals surface area contributed by atoms with Crippen molar-refractivity contribution in [1.29, 1.82) is 0 Å². The molecule has 0 unspecified atom stereocenters. The molecule has 13 rings (SSSR count). The van der Waals surface area contributed by atoms with E-state index in [0.717, 1.165) is 72.5 Å². The van der Waals surface area contributed by atoms with Crippen molar-refractivity contribution in [3.05, 3.63) is 254 Å². The van der Waals surface area contributed by atoms with E-state index in [0.29, 0.717) is 0 Å². The molecule has 0 radical (unpaired) electrons. The van der Waals surface area contributed by atoms with Gasteiger partial charge in [0.1, 0.15) is 11.2 Å². The van der Waals surface area contributed by atoms with E-state index in [2.05, 4.69) is 288 Å². The Balaban J connectivity index is 1.07. The molecule has 0 atom stereocenters. The van der Waals surface area contributed by atoms with Gasteiger partial charge in [-0.3, -0.25) is 0 Å². The summed E-state index contributed by atoms with van der Waals surface area (Å²) in [5, 5.41) is 7.09. The Kier molecular flexibility index (Phi) is 11.0. The van der Waals surface area contributed by atoms with Gasteiger partial charge in [0.25, 0.3) is 0 Å². The number of benzene rings is 11. The van der Waals surface area contributed by atoms with Crippen LogP contribution in [0, 0.1) is 0 Å². The summed E-state index contributed by atoms with van der Waals surface area (Å²) >= 11 is 0. The molecule has 0 aliphatic carbocycles. The van der Waals surface area contributed by atoms with E-state index in [-0.39, 0.29) is 10.8 Å². The molecule has 3 nitrogen and oxygen atoms in total. The molecule has 0 amide bonds. The minimum absolute atomic E-state index is 0.0320. The third-order valence-electron chi connectivity index (χ3n) is 15.3. The van der Waals surface area contributed by atoms with Gasteiger partial charge in [-0.2, -0.15) is 0 Å². The van der Waals surface area contributed by atoms with Gasteiger partial charge >= 0.3 is 0 Å². The highest BCUT2D eigenvalue weighted by atomic mass is 16.3. The van der Waals surface area contributed by atoms with Crippen LogP contribution < -0.4 is 4.90 Å². The van der Waals surface area contributed by atoms with Crippen LogP contribution in [0.25, 0.3) is 105 Å². The zero-order valence-corrected chi connectivity index (χ0v) is 43.4. The lowest BCUT2D eigenvalue weighted by molar-refractivity contribution is 0.569. The maximum Gasteiger partial charge on any atom is 0.136 e. The Morgan fingerprint density at radius 1 is 0.333 bits per heavy atom. The van der Waals surface area contributed by atoms with Crippen molar-refractivity contribution in [2.75, 3.05) is 4.90 Å². The van der Waals surface area contributed by atoms with Crippen LogP contribution in [-0.2, 0) is 10.8 Å². The first kappa shape index (κ1) is 45.9. The highest BCUT2D eigenvalue weighted by molar-refractivity contribution is 6.13. The molecule has 0 saturated carbocycles. The van der Waals surface area contributed by atoms with Gasteiger partial charge < -0.3 is 13.9 Å². The van der Waals surface area contributed by atoms with Gasteiger partial charge in [-0.05, 0) is 127 Å². The van der Waals surface area contributed by atoms with Crippen molar-refractivity contribution >= 4 is 71.6 Å². The van der Waals surface area contributed by atoms with E-state index in [4.69, 9.17) is 4.42 Å². The van der Waals surface area contributed by atoms with Gasteiger partial charge in [0.15, 0.2) is 0 Å². The third kappa shape index (κ3) is 7.99. The number of hydrogen-bond acceptors (Lipinski definition) is 2. The highest BCUT2D eigenvalue weighted by Crippen LogP contribution is 2.50. The fourth-order valence-electron chi connectivity index (χ4n) is 11.5.